The van der Waals surface area contributed by atoms with Crippen LogP contribution >= 0.6 is 0 Å². The van der Waals surface area contributed by atoms with Gasteiger partial charge < -0.3 is 9.64 Å². The number of methoxy groups -OCH3 is 1. The maximum atomic E-state index is 13.4. The fourth-order valence-corrected chi connectivity index (χ4v) is 2.57. The molecule has 1 N–H and O–H groups in total. The van der Waals surface area contributed by atoms with Crippen molar-refractivity contribution in [2.24, 2.45) is 0 Å². The third-order valence-corrected chi connectivity index (χ3v) is 4.08. The number of hydrogen-bond acceptors (Lipinski definition) is 4. The second kappa shape index (κ2) is 7.54. The van der Waals surface area contributed by atoms with Gasteiger partial charge in [0, 0.05) is 26.7 Å². The molecule has 0 aliphatic heterocycles. The summed E-state index contributed by atoms with van der Waals surface area (Å²) >= 11 is 0. The molecule has 0 radical (unpaired) electrons. The van der Waals surface area contributed by atoms with Crippen molar-refractivity contribution in [1.82, 2.24) is 9.62 Å². The minimum atomic E-state index is -3.79. The Morgan fingerprint density at radius 2 is 2.00 bits per heavy atom. The molecule has 0 unspecified atom stereocenters. The topological polar surface area (TPSA) is 58.6 Å². The number of likely N-dealkylation sites (N-methyl/N-ethyl adjacent to an activating group) is 1. The van der Waals surface area contributed by atoms with Crippen LogP contribution in [0, 0.1) is 5.82 Å². The molecular formula is C12H19FN2O3S. The highest BCUT2D eigenvalue weighted by Gasteiger charge is 2.17. The molecule has 0 spiro atoms. The predicted octanol–water partition coefficient (Wildman–Crippen LogP) is 0.682. The lowest BCUT2D eigenvalue weighted by atomic mass is 10.4. The van der Waals surface area contributed by atoms with Crippen molar-refractivity contribution in [2.45, 2.75) is 4.90 Å². The lowest BCUT2D eigenvalue weighted by Gasteiger charge is -2.16. The van der Waals surface area contributed by atoms with Gasteiger partial charge in [-0.1, -0.05) is 12.1 Å². The third-order valence-electron chi connectivity index (χ3n) is 2.59. The molecule has 1 aromatic rings. The standard InChI is InChI=1S/C12H19FN2O3S/c1-15(9-10-18-2)8-7-14-19(16,17)12-6-4-3-5-11(12)13/h3-6,14H,7-10H2,1-2H3. The molecule has 1 aromatic carbocycles. The summed E-state index contributed by atoms with van der Waals surface area (Å²) in [5.74, 6) is -0.747. The first kappa shape index (κ1) is 16.0. The maximum Gasteiger partial charge on any atom is 0.243 e. The molecule has 0 bridgehead atoms. The summed E-state index contributed by atoms with van der Waals surface area (Å²) in [4.78, 5) is 1.60. The number of nitrogens with zero attached hydrogens (tertiary/aromatic N) is 1. The minimum absolute atomic E-state index is 0.219. The summed E-state index contributed by atoms with van der Waals surface area (Å²) < 4.78 is 44.4. The van der Waals surface area contributed by atoms with Crippen LogP contribution in [0.5, 0.6) is 0 Å². The van der Waals surface area contributed by atoms with E-state index < -0.39 is 15.8 Å². The van der Waals surface area contributed by atoms with Crippen LogP contribution in [-0.2, 0) is 14.8 Å². The lowest BCUT2D eigenvalue weighted by molar-refractivity contribution is 0.162. The molecule has 0 atom stereocenters. The average molecular weight is 290 g/mol. The van der Waals surface area contributed by atoms with E-state index in [-0.39, 0.29) is 11.4 Å². The van der Waals surface area contributed by atoms with Gasteiger partial charge in [0.25, 0.3) is 0 Å². The van der Waals surface area contributed by atoms with E-state index in [9.17, 15) is 12.8 Å². The molecule has 0 amide bonds. The molecule has 0 saturated heterocycles. The predicted molar refractivity (Wildman–Crippen MR) is 71.0 cm³/mol. The number of halogens is 1. The number of ether oxygens (including phenoxy) is 1. The van der Waals surface area contributed by atoms with Gasteiger partial charge >= 0.3 is 0 Å². The molecule has 0 heterocycles. The number of rotatable bonds is 8. The summed E-state index contributed by atoms with van der Waals surface area (Å²) in [7, 11) is -0.327. The van der Waals surface area contributed by atoms with Crippen LogP contribution in [0.2, 0.25) is 0 Å². The van der Waals surface area contributed by atoms with Gasteiger partial charge in [-0.25, -0.2) is 17.5 Å². The normalized spacial score (nSPS) is 12.0. The molecule has 0 aromatic heterocycles. The van der Waals surface area contributed by atoms with Gasteiger partial charge in [-0.2, -0.15) is 0 Å². The van der Waals surface area contributed by atoms with Crippen molar-refractivity contribution in [3.8, 4) is 0 Å². The second-order valence-corrected chi connectivity index (χ2v) is 5.86. The zero-order chi connectivity index (χ0) is 14.3. The first-order valence-electron chi connectivity index (χ1n) is 5.89. The first-order valence-corrected chi connectivity index (χ1v) is 7.37. The van der Waals surface area contributed by atoms with E-state index in [1.165, 1.54) is 18.2 Å². The molecule has 7 heteroatoms. The Labute approximate surface area is 113 Å². The van der Waals surface area contributed by atoms with Crippen LogP contribution in [0.4, 0.5) is 4.39 Å². The van der Waals surface area contributed by atoms with E-state index in [1.54, 1.807) is 7.11 Å². The smallest absolute Gasteiger partial charge is 0.243 e. The van der Waals surface area contributed by atoms with Crippen molar-refractivity contribution in [2.75, 3.05) is 40.4 Å². The number of sulfonamides is 1. The monoisotopic (exact) mass is 290 g/mol. The summed E-state index contributed by atoms with van der Waals surface area (Å²) in [6.07, 6.45) is 0. The Morgan fingerprint density at radius 3 is 2.63 bits per heavy atom. The third kappa shape index (κ3) is 5.23. The van der Waals surface area contributed by atoms with E-state index in [0.29, 0.717) is 19.7 Å². The van der Waals surface area contributed by atoms with Gasteiger partial charge in [0.15, 0.2) is 0 Å². The first-order chi connectivity index (χ1) is 8.97. The minimum Gasteiger partial charge on any atom is -0.383 e. The Kier molecular flexibility index (Phi) is 6.36. The summed E-state index contributed by atoms with van der Waals surface area (Å²) in [5, 5.41) is 0. The molecule has 0 aliphatic carbocycles. The largest absolute Gasteiger partial charge is 0.383 e. The molecule has 0 fully saturated rings. The maximum absolute atomic E-state index is 13.4. The SMILES string of the molecule is COCCN(C)CCNS(=O)(=O)c1ccccc1F. The summed E-state index contributed by atoms with van der Waals surface area (Å²) in [6.45, 7) is 2.03. The number of benzene rings is 1. The molecule has 108 valence electrons. The highest BCUT2D eigenvalue weighted by molar-refractivity contribution is 7.89. The molecule has 0 aliphatic rings. The fraction of sp³-hybridized carbons (Fsp3) is 0.500. The second-order valence-electron chi connectivity index (χ2n) is 4.12. The Balaban J connectivity index is 2.51. The molecule has 1 rings (SSSR count). The van der Waals surface area contributed by atoms with Crippen LogP contribution < -0.4 is 4.72 Å². The van der Waals surface area contributed by atoms with Crippen molar-refractivity contribution in [3.05, 3.63) is 30.1 Å². The average Bonchev–Trinajstić information content (AvgIpc) is 2.36. The van der Waals surface area contributed by atoms with Crippen LogP contribution in [-0.4, -0.2) is 53.7 Å². The zero-order valence-corrected chi connectivity index (χ0v) is 11.9. The molecule has 5 nitrogen and oxygen atoms in total. The summed E-state index contributed by atoms with van der Waals surface area (Å²) in [6, 6.07) is 5.31. The van der Waals surface area contributed by atoms with Gasteiger partial charge in [0.05, 0.1) is 6.61 Å². The van der Waals surface area contributed by atoms with Gasteiger partial charge in [-0.3, -0.25) is 0 Å². The molecule has 0 saturated carbocycles. The van der Waals surface area contributed by atoms with Gasteiger partial charge in [0.2, 0.25) is 10.0 Å². The molecular weight excluding hydrogens is 271 g/mol. The van der Waals surface area contributed by atoms with Crippen molar-refractivity contribution in [1.29, 1.82) is 0 Å². The molecule has 19 heavy (non-hydrogen) atoms. The van der Waals surface area contributed by atoms with Crippen molar-refractivity contribution < 1.29 is 17.5 Å². The van der Waals surface area contributed by atoms with E-state index in [1.807, 2.05) is 11.9 Å². The lowest BCUT2D eigenvalue weighted by Crippen LogP contribution is -2.34. The van der Waals surface area contributed by atoms with Crippen molar-refractivity contribution in [3.63, 3.8) is 0 Å². The number of nitrogens with one attached hydrogen (secondary N) is 1. The zero-order valence-electron chi connectivity index (χ0n) is 11.1. The van der Waals surface area contributed by atoms with Crippen molar-refractivity contribution >= 4 is 10.0 Å². The van der Waals surface area contributed by atoms with E-state index >= 15 is 0 Å². The Hall–Kier alpha value is -1.02. The summed E-state index contributed by atoms with van der Waals surface area (Å²) in [5.41, 5.74) is 0. The van der Waals surface area contributed by atoms with E-state index in [2.05, 4.69) is 4.72 Å². The van der Waals surface area contributed by atoms with E-state index in [4.69, 9.17) is 4.74 Å². The highest BCUT2D eigenvalue weighted by Crippen LogP contribution is 2.12. The van der Waals surface area contributed by atoms with Crippen LogP contribution in [0.25, 0.3) is 0 Å². The van der Waals surface area contributed by atoms with E-state index in [0.717, 1.165) is 6.07 Å². The Morgan fingerprint density at radius 1 is 1.32 bits per heavy atom. The van der Waals surface area contributed by atoms with Crippen LogP contribution in [0.1, 0.15) is 0 Å². The van der Waals surface area contributed by atoms with Crippen LogP contribution in [0.15, 0.2) is 29.2 Å². The Bertz CT molecular complexity index is 494. The van der Waals surface area contributed by atoms with Gasteiger partial charge in [-0.15, -0.1) is 0 Å². The quantitative estimate of drug-likeness (QED) is 0.765. The highest BCUT2D eigenvalue weighted by atomic mass is 32.2. The number of hydrogen-bond donors (Lipinski definition) is 1. The van der Waals surface area contributed by atoms with Gasteiger partial charge in [-0.05, 0) is 19.2 Å². The van der Waals surface area contributed by atoms with Crippen LogP contribution in [0.3, 0.4) is 0 Å². The van der Waals surface area contributed by atoms with Gasteiger partial charge in [0.1, 0.15) is 10.7 Å². The fourth-order valence-electron chi connectivity index (χ4n) is 1.47.